The van der Waals surface area contributed by atoms with E-state index in [1.165, 1.54) is 72.6 Å². The van der Waals surface area contributed by atoms with Crippen LogP contribution in [0.1, 0.15) is 33.4 Å². The van der Waals surface area contributed by atoms with E-state index in [2.05, 4.69) is 123 Å². The van der Waals surface area contributed by atoms with E-state index in [-0.39, 0.29) is 6.71 Å². The van der Waals surface area contributed by atoms with E-state index in [1.54, 1.807) is 0 Å². The normalized spacial score (nSPS) is 11.1. The standard InChI is InChI=1S/C32H31BN2S/c1-20-14-22(3)31(23(4)15-20)33(32-24(5)16-21(2)17-25(32)6)29-12-10-26(11-13-29)27-8-7-9-28(18-27)30-19-34-36-35-30/h7-19H,1-6H3. The van der Waals surface area contributed by atoms with Crippen molar-refractivity contribution in [1.29, 1.82) is 0 Å². The van der Waals surface area contributed by atoms with Crippen LogP contribution in [-0.4, -0.2) is 15.5 Å². The maximum atomic E-state index is 4.40. The molecular formula is C32H31BN2S. The summed E-state index contributed by atoms with van der Waals surface area (Å²) in [7, 11) is 0. The zero-order valence-electron chi connectivity index (χ0n) is 21.9. The minimum Gasteiger partial charge on any atom is -0.181 e. The molecular weight excluding hydrogens is 455 g/mol. The molecule has 0 fully saturated rings. The highest BCUT2D eigenvalue weighted by Crippen LogP contribution is 2.25. The summed E-state index contributed by atoms with van der Waals surface area (Å²) >= 11 is 1.24. The van der Waals surface area contributed by atoms with Crippen molar-refractivity contribution in [3.63, 3.8) is 0 Å². The molecule has 0 aliphatic rings. The zero-order chi connectivity index (χ0) is 25.4. The third-order valence-corrected chi connectivity index (χ3v) is 7.63. The van der Waals surface area contributed by atoms with Gasteiger partial charge >= 0.3 is 0 Å². The highest BCUT2D eigenvalue weighted by Gasteiger charge is 2.28. The van der Waals surface area contributed by atoms with Crippen LogP contribution in [0.4, 0.5) is 0 Å². The third-order valence-electron chi connectivity index (χ3n) is 7.15. The number of nitrogens with zero attached hydrogens (tertiary/aromatic N) is 2. The summed E-state index contributed by atoms with van der Waals surface area (Å²) in [6.07, 6.45) is 1.83. The SMILES string of the molecule is Cc1cc(C)c(B(c2ccc(-c3cccc(-c4cnsn4)c3)cc2)c2c(C)cc(C)cc2C)c(C)c1. The van der Waals surface area contributed by atoms with Crippen LogP contribution in [0.3, 0.4) is 0 Å². The van der Waals surface area contributed by atoms with Crippen molar-refractivity contribution in [1.82, 2.24) is 8.75 Å². The van der Waals surface area contributed by atoms with Crippen LogP contribution in [-0.2, 0) is 0 Å². The molecule has 1 heterocycles. The topological polar surface area (TPSA) is 25.8 Å². The first-order valence-electron chi connectivity index (χ1n) is 12.5. The Kier molecular flexibility index (Phi) is 6.64. The molecule has 0 saturated heterocycles. The highest BCUT2D eigenvalue weighted by atomic mass is 32.1. The Hall–Kier alpha value is -3.50. The van der Waals surface area contributed by atoms with Gasteiger partial charge in [-0.1, -0.05) is 116 Å². The molecule has 4 aromatic carbocycles. The van der Waals surface area contributed by atoms with Crippen molar-refractivity contribution < 1.29 is 0 Å². The summed E-state index contributed by atoms with van der Waals surface area (Å²) in [5.41, 5.74) is 16.6. The Labute approximate surface area is 219 Å². The average Bonchev–Trinajstić information content (AvgIpc) is 3.37. The number of aromatic nitrogens is 2. The second kappa shape index (κ2) is 9.87. The maximum Gasteiger partial charge on any atom is 0.242 e. The van der Waals surface area contributed by atoms with Crippen LogP contribution >= 0.6 is 11.7 Å². The van der Waals surface area contributed by atoms with Crippen molar-refractivity contribution in [2.24, 2.45) is 0 Å². The Morgan fingerprint density at radius 2 is 1.11 bits per heavy atom. The van der Waals surface area contributed by atoms with Gasteiger partial charge in [0.15, 0.2) is 0 Å². The van der Waals surface area contributed by atoms with Gasteiger partial charge in [-0.25, -0.2) is 0 Å². The summed E-state index contributed by atoms with van der Waals surface area (Å²) in [6, 6.07) is 27.0. The average molecular weight is 486 g/mol. The molecule has 0 atom stereocenters. The van der Waals surface area contributed by atoms with E-state index in [4.69, 9.17) is 0 Å². The minimum atomic E-state index is 0.188. The molecule has 1 aromatic heterocycles. The van der Waals surface area contributed by atoms with Gasteiger partial charge in [0.2, 0.25) is 6.71 Å². The summed E-state index contributed by atoms with van der Waals surface area (Å²) in [5, 5.41) is 0. The first-order valence-corrected chi connectivity index (χ1v) is 13.2. The summed E-state index contributed by atoms with van der Waals surface area (Å²) < 4.78 is 8.56. The lowest BCUT2D eigenvalue weighted by molar-refractivity contribution is 1.34. The van der Waals surface area contributed by atoms with Crippen LogP contribution in [0.25, 0.3) is 22.4 Å². The quantitative estimate of drug-likeness (QED) is 0.275. The van der Waals surface area contributed by atoms with E-state index in [9.17, 15) is 0 Å². The predicted molar refractivity (Wildman–Crippen MR) is 157 cm³/mol. The third kappa shape index (κ3) is 4.66. The fraction of sp³-hybridized carbons (Fsp3) is 0.188. The van der Waals surface area contributed by atoms with Crippen molar-refractivity contribution in [3.05, 3.63) is 112 Å². The molecule has 2 nitrogen and oxygen atoms in total. The molecule has 0 saturated carbocycles. The number of aryl methyl sites for hydroxylation is 6. The smallest absolute Gasteiger partial charge is 0.181 e. The largest absolute Gasteiger partial charge is 0.242 e. The fourth-order valence-electron chi connectivity index (χ4n) is 5.79. The molecule has 36 heavy (non-hydrogen) atoms. The van der Waals surface area contributed by atoms with Crippen LogP contribution < -0.4 is 16.4 Å². The summed E-state index contributed by atoms with van der Waals surface area (Å²) in [6.45, 7) is 13.6. The predicted octanol–water partition coefficient (Wildman–Crippen LogP) is 6.24. The first-order chi connectivity index (χ1) is 17.3. The van der Waals surface area contributed by atoms with Crippen LogP contribution in [0, 0.1) is 41.5 Å². The molecule has 0 unspecified atom stereocenters. The van der Waals surface area contributed by atoms with E-state index in [0.29, 0.717) is 0 Å². The second-order valence-corrected chi connectivity index (χ2v) is 10.6. The lowest BCUT2D eigenvalue weighted by Gasteiger charge is -2.24. The highest BCUT2D eigenvalue weighted by molar-refractivity contribution is 6.99. The van der Waals surface area contributed by atoms with E-state index in [1.807, 2.05) is 6.20 Å². The molecule has 0 aliphatic heterocycles. The zero-order valence-corrected chi connectivity index (χ0v) is 22.7. The van der Waals surface area contributed by atoms with Gasteiger partial charge in [-0.05, 0) is 58.7 Å². The Balaban J connectivity index is 1.63. The van der Waals surface area contributed by atoms with Crippen LogP contribution in [0.5, 0.6) is 0 Å². The van der Waals surface area contributed by atoms with Gasteiger partial charge in [0.05, 0.1) is 17.9 Å². The van der Waals surface area contributed by atoms with Crippen molar-refractivity contribution >= 4 is 34.8 Å². The molecule has 0 radical (unpaired) electrons. The number of rotatable bonds is 5. The summed E-state index contributed by atoms with van der Waals surface area (Å²) in [4.78, 5) is 0. The fourth-order valence-corrected chi connectivity index (χ4v) is 6.22. The second-order valence-electron chi connectivity index (χ2n) is 10.1. The molecule has 0 N–H and O–H groups in total. The van der Waals surface area contributed by atoms with Crippen molar-refractivity contribution in [2.45, 2.75) is 41.5 Å². The van der Waals surface area contributed by atoms with Gasteiger partial charge in [-0.2, -0.15) is 8.75 Å². The van der Waals surface area contributed by atoms with Crippen molar-refractivity contribution in [2.75, 3.05) is 0 Å². The van der Waals surface area contributed by atoms with Crippen molar-refractivity contribution in [3.8, 4) is 22.4 Å². The molecule has 0 spiro atoms. The van der Waals surface area contributed by atoms with E-state index >= 15 is 0 Å². The Morgan fingerprint density at radius 3 is 1.61 bits per heavy atom. The van der Waals surface area contributed by atoms with Gasteiger partial charge in [-0.15, -0.1) is 0 Å². The molecule has 0 bridgehead atoms. The van der Waals surface area contributed by atoms with Crippen LogP contribution in [0.15, 0.2) is 79.0 Å². The van der Waals surface area contributed by atoms with Gasteiger partial charge in [-0.3, -0.25) is 0 Å². The molecule has 5 aromatic rings. The molecule has 0 amide bonds. The first kappa shape index (κ1) is 24.2. The number of hydrogen-bond donors (Lipinski definition) is 0. The lowest BCUT2D eigenvalue weighted by Crippen LogP contribution is -2.55. The van der Waals surface area contributed by atoms with E-state index < -0.39 is 0 Å². The van der Waals surface area contributed by atoms with Gasteiger partial charge in [0.1, 0.15) is 5.69 Å². The van der Waals surface area contributed by atoms with Gasteiger partial charge in [0, 0.05) is 5.56 Å². The maximum absolute atomic E-state index is 4.40. The Bertz CT molecular complexity index is 1430. The molecule has 5 rings (SSSR count). The van der Waals surface area contributed by atoms with Gasteiger partial charge < -0.3 is 0 Å². The molecule has 4 heteroatoms. The molecule has 178 valence electrons. The lowest BCUT2D eigenvalue weighted by atomic mass is 9.34. The Morgan fingerprint density at radius 1 is 0.583 bits per heavy atom. The van der Waals surface area contributed by atoms with E-state index in [0.717, 1.165) is 11.3 Å². The summed E-state index contributed by atoms with van der Waals surface area (Å²) in [5.74, 6) is 0. The number of benzene rings is 4. The number of hydrogen-bond acceptors (Lipinski definition) is 3. The monoisotopic (exact) mass is 486 g/mol. The van der Waals surface area contributed by atoms with Crippen LogP contribution in [0.2, 0.25) is 0 Å². The van der Waals surface area contributed by atoms with Gasteiger partial charge in [0.25, 0.3) is 0 Å². The minimum absolute atomic E-state index is 0.188. The molecule has 0 aliphatic carbocycles.